The summed E-state index contributed by atoms with van der Waals surface area (Å²) in [5.74, 6) is 0. The number of benzene rings is 1. The minimum absolute atomic E-state index is 0.362. The molecular formula is C8H8ClO2. The minimum atomic E-state index is -0.497. The Morgan fingerprint density at radius 2 is 1.91 bits per heavy atom. The molecule has 0 aliphatic carbocycles. The van der Waals surface area contributed by atoms with E-state index >= 15 is 0 Å². The topological polar surface area (TPSA) is 29.1 Å². The second-order valence-electron chi connectivity index (χ2n) is 2.09. The molecule has 0 heterocycles. The van der Waals surface area contributed by atoms with Gasteiger partial charge in [-0.15, -0.1) is 0 Å². The quantitative estimate of drug-likeness (QED) is 0.642. The van der Waals surface area contributed by atoms with Gasteiger partial charge in [0.05, 0.1) is 6.61 Å². The molecule has 1 radical (unpaired) electrons. The fourth-order valence-electron chi connectivity index (χ4n) is 0.740. The van der Waals surface area contributed by atoms with Crippen molar-refractivity contribution in [3.63, 3.8) is 0 Å². The van der Waals surface area contributed by atoms with Crippen LogP contribution >= 0.6 is 11.6 Å². The van der Waals surface area contributed by atoms with Crippen LogP contribution in [0, 0.1) is 0 Å². The first-order valence-electron chi connectivity index (χ1n) is 3.23. The van der Waals surface area contributed by atoms with E-state index in [1.807, 2.05) is 12.1 Å². The molecule has 0 aliphatic rings. The molecular weight excluding hydrogens is 164 g/mol. The van der Waals surface area contributed by atoms with E-state index in [2.05, 4.69) is 4.74 Å². The molecule has 3 heteroatoms. The van der Waals surface area contributed by atoms with Crippen LogP contribution in [-0.2, 0) is 16.5 Å². The van der Waals surface area contributed by atoms with Crippen molar-refractivity contribution >= 4 is 11.6 Å². The average molecular weight is 172 g/mol. The molecule has 0 unspecified atom stereocenters. The zero-order valence-corrected chi connectivity index (χ0v) is 6.67. The lowest BCUT2D eigenvalue weighted by atomic mass is 10.2. The number of rotatable bonds is 3. The van der Waals surface area contributed by atoms with E-state index in [9.17, 15) is 5.11 Å². The highest BCUT2D eigenvalue weighted by Crippen LogP contribution is 2.09. The van der Waals surface area contributed by atoms with Gasteiger partial charge in [-0.05, 0) is 17.7 Å². The Balaban J connectivity index is 2.52. The first-order chi connectivity index (χ1) is 5.33. The summed E-state index contributed by atoms with van der Waals surface area (Å²) in [6.45, 7) is -0.136. The fourth-order valence-corrected chi connectivity index (χ4v) is 0.866. The maximum absolute atomic E-state index is 9.92. The molecule has 0 saturated carbocycles. The van der Waals surface area contributed by atoms with Crippen molar-refractivity contribution in [1.29, 1.82) is 0 Å². The lowest BCUT2D eigenvalue weighted by Crippen LogP contribution is -1.91. The molecule has 2 nitrogen and oxygen atoms in total. The van der Waals surface area contributed by atoms with Crippen molar-refractivity contribution in [1.82, 2.24) is 0 Å². The van der Waals surface area contributed by atoms with Gasteiger partial charge in [0.1, 0.15) is 0 Å². The van der Waals surface area contributed by atoms with E-state index in [-0.39, 0.29) is 0 Å². The van der Waals surface area contributed by atoms with Crippen LogP contribution in [0.5, 0.6) is 0 Å². The van der Waals surface area contributed by atoms with Crippen molar-refractivity contribution in [2.75, 3.05) is 6.79 Å². The summed E-state index contributed by atoms with van der Waals surface area (Å²) in [6, 6.07) is 7.20. The number of hydrogen-bond acceptors (Lipinski definition) is 1. The van der Waals surface area contributed by atoms with Gasteiger partial charge in [0.15, 0.2) is 6.79 Å². The third-order valence-corrected chi connectivity index (χ3v) is 1.52. The molecule has 11 heavy (non-hydrogen) atoms. The summed E-state index contributed by atoms with van der Waals surface area (Å²) >= 11 is 5.64. The van der Waals surface area contributed by atoms with Gasteiger partial charge in [0.25, 0.3) is 0 Å². The summed E-state index contributed by atoms with van der Waals surface area (Å²) in [5.41, 5.74) is 0.963. The lowest BCUT2D eigenvalue weighted by molar-refractivity contribution is -0.0522. The second-order valence-corrected chi connectivity index (χ2v) is 2.53. The maximum Gasteiger partial charge on any atom is 0.181 e. The molecule has 1 aromatic rings. The van der Waals surface area contributed by atoms with Gasteiger partial charge in [0, 0.05) is 5.02 Å². The molecule has 0 amide bonds. The van der Waals surface area contributed by atoms with Crippen LogP contribution in [0.15, 0.2) is 24.3 Å². The summed E-state index contributed by atoms with van der Waals surface area (Å²) in [5, 5.41) is 10.6. The van der Waals surface area contributed by atoms with E-state index in [4.69, 9.17) is 11.6 Å². The van der Waals surface area contributed by atoms with E-state index in [1.54, 1.807) is 12.1 Å². The zero-order valence-electron chi connectivity index (χ0n) is 5.92. The van der Waals surface area contributed by atoms with Crippen molar-refractivity contribution < 1.29 is 9.84 Å². The highest BCUT2D eigenvalue weighted by Gasteiger charge is 1.91. The van der Waals surface area contributed by atoms with E-state index in [0.717, 1.165) is 5.56 Å². The van der Waals surface area contributed by atoms with E-state index in [1.165, 1.54) is 0 Å². The third-order valence-electron chi connectivity index (χ3n) is 1.27. The number of ether oxygens (including phenoxy) is 1. The third kappa shape index (κ3) is 2.89. The Morgan fingerprint density at radius 1 is 1.27 bits per heavy atom. The van der Waals surface area contributed by atoms with Gasteiger partial charge in [-0.3, -0.25) is 0 Å². The second kappa shape index (κ2) is 4.34. The lowest BCUT2D eigenvalue weighted by Gasteiger charge is -1.98. The highest BCUT2D eigenvalue weighted by atomic mass is 35.5. The molecule has 0 aliphatic heterocycles. The first-order valence-corrected chi connectivity index (χ1v) is 3.61. The molecule has 0 atom stereocenters. The predicted octanol–water partition coefficient (Wildman–Crippen LogP) is 2.24. The van der Waals surface area contributed by atoms with Crippen LogP contribution in [0.4, 0.5) is 0 Å². The van der Waals surface area contributed by atoms with Crippen LogP contribution in [0.25, 0.3) is 0 Å². The van der Waals surface area contributed by atoms with Crippen LogP contribution < -0.4 is 0 Å². The predicted molar refractivity (Wildman–Crippen MR) is 41.8 cm³/mol. The molecule has 0 bridgehead atoms. The van der Waals surface area contributed by atoms with E-state index in [0.29, 0.717) is 11.6 Å². The Morgan fingerprint density at radius 3 is 2.45 bits per heavy atom. The van der Waals surface area contributed by atoms with Gasteiger partial charge >= 0.3 is 0 Å². The molecule has 1 aromatic carbocycles. The number of hydrogen-bond donors (Lipinski definition) is 0. The smallest absolute Gasteiger partial charge is 0.181 e. The Labute approximate surface area is 70.4 Å². The molecule has 0 N–H and O–H groups in total. The van der Waals surface area contributed by atoms with Gasteiger partial charge < -0.3 is 4.74 Å². The van der Waals surface area contributed by atoms with Gasteiger partial charge in [0.2, 0.25) is 0 Å². The monoisotopic (exact) mass is 171 g/mol. The first kappa shape index (κ1) is 8.53. The Hall–Kier alpha value is -0.570. The van der Waals surface area contributed by atoms with Crippen LogP contribution in [0.3, 0.4) is 0 Å². The fraction of sp³-hybridized carbons (Fsp3) is 0.250. The molecule has 59 valence electrons. The average Bonchev–Trinajstić information content (AvgIpc) is 2.04. The van der Waals surface area contributed by atoms with Gasteiger partial charge in [-0.25, -0.2) is 5.11 Å². The van der Waals surface area contributed by atoms with Crippen molar-refractivity contribution in [2.24, 2.45) is 0 Å². The largest absolute Gasteiger partial charge is 0.348 e. The molecule has 1 rings (SSSR count). The molecule has 0 fully saturated rings. The van der Waals surface area contributed by atoms with Crippen molar-refractivity contribution in [2.45, 2.75) is 6.61 Å². The highest BCUT2D eigenvalue weighted by molar-refractivity contribution is 6.30. The molecule has 0 aromatic heterocycles. The Kier molecular flexibility index (Phi) is 3.36. The van der Waals surface area contributed by atoms with Gasteiger partial charge in [-0.2, -0.15) is 0 Å². The minimum Gasteiger partial charge on any atom is -0.348 e. The van der Waals surface area contributed by atoms with Crippen LogP contribution in [0.2, 0.25) is 5.02 Å². The summed E-state index contributed by atoms with van der Waals surface area (Å²) in [6.07, 6.45) is 0. The van der Waals surface area contributed by atoms with Crippen molar-refractivity contribution in [3.8, 4) is 0 Å². The normalized spacial score (nSPS) is 10.0. The molecule has 0 spiro atoms. The summed E-state index contributed by atoms with van der Waals surface area (Å²) in [7, 11) is 0. The molecule has 0 saturated heterocycles. The summed E-state index contributed by atoms with van der Waals surface area (Å²) in [4.78, 5) is 0. The summed E-state index contributed by atoms with van der Waals surface area (Å²) < 4.78 is 4.66. The van der Waals surface area contributed by atoms with Crippen LogP contribution in [-0.4, -0.2) is 6.79 Å². The zero-order chi connectivity index (χ0) is 8.10. The standard InChI is InChI=1S/C8H8ClO2/c9-8-3-1-7(2-4-8)5-11-6-10/h1-4H,5-6H2. The number of halogens is 1. The van der Waals surface area contributed by atoms with Gasteiger partial charge in [-0.1, -0.05) is 23.7 Å². The SMILES string of the molecule is [O]COCc1ccc(Cl)cc1. The van der Waals surface area contributed by atoms with E-state index < -0.39 is 6.79 Å². The Bertz CT molecular complexity index is 208. The maximum atomic E-state index is 9.92. The van der Waals surface area contributed by atoms with Crippen molar-refractivity contribution in [3.05, 3.63) is 34.9 Å². The van der Waals surface area contributed by atoms with Crippen LogP contribution in [0.1, 0.15) is 5.56 Å².